The summed E-state index contributed by atoms with van der Waals surface area (Å²) in [4.78, 5) is 0. The van der Waals surface area contributed by atoms with E-state index >= 15 is 0 Å². The molecule has 1 atom stereocenters. The first-order chi connectivity index (χ1) is 6.33. The number of hydrogen-bond acceptors (Lipinski definition) is 1. The molecule has 1 aliphatic rings. The molecule has 1 aliphatic heterocycles. The van der Waals surface area contributed by atoms with Gasteiger partial charge in [-0.25, -0.2) is 0 Å². The van der Waals surface area contributed by atoms with Gasteiger partial charge in [-0.2, -0.15) is 0 Å². The zero-order chi connectivity index (χ0) is 9.26. The monoisotopic (exact) mass is 174 g/mol. The standard InChI is InChI=1S/C12H14O/c1-3-10-8-13-12-7-5-4-6-11(12)9(10)2/h4-7,10H,2-3,8H2,1H3/t10-/m1/s1. The molecule has 0 radical (unpaired) electrons. The fourth-order valence-electron chi connectivity index (χ4n) is 1.73. The van der Waals surface area contributed by atoms with Crippen LogP contribution in [0.5, 0.6) is 5.75 Å². The number of rotatable bonds is 1. The van der Waals surface area contributed by atoms with Crippen molar-refractivity contribution in [2.24, 2.45) is 5.92 Å². The van der Waals surface area contributed by atoms with Crippen LogP contribution < -0.4 is 4.74 Å². The normalized spacial score (nSPS) is 20.7. The van der Waals surface area contributed by atoms with Crippen molar-refractivity contribution in [1.82, 2.24) is 0 Å². The van der Waals surface area contributed by atoms with Crippen LogP contribution in [-0.2, 0) is 0 Å². The van der Waals surface area contributed by atoms with Gasteiger partial charge in [0.1, 0.15) is 5.75 Å². The molecule has 1 nitrogen and oxygen atoms in total. The van der Waals surface area contributed by atoms with Gasteiger partial charge in [-0.15, -0.1) is 0 Å². The molecule has 0 aliphatic carbocycles. The van der Waals surface area contributed by atoms with Crippen LogP contribution in [0.1, 0.15) is 18.9 Å². The van der Waals surface area contributed by atoms with E-state index in [1.165, 1.54) is 11.1 Å². The molecule has 1 aromatic rings. The molecular formula is C12H14O. The van der Waals surface area contributed by atoms with Gasteiger partial charge >= 0.3 is 0 Å². The van der Waals surface area contributed by atoms with Gasteiger partial charge in [-0.1, -0.05) is 31.7 Å². The van der Waals surface area contributed by atoms with E-state index in [0.29, 0.717) is 5.92 Å². The summed E-state index contributed by atoms with van der Waals surface area (Å²) in [5, 5.41) is 0. The number of hydrogen-bond donors (Lipinski definition) is 0. The van der Waals surface area contributed by atoms with E-state index in [9.17, 15) is 0 Å². The maximum absolute atomic E-state index is 5.64. The van der Waals surface area contributed by atoms with Crippen LogP contribution in [0, 0.1) is 5.92 Å². The quantitative estimate of drug-likeness (QED) is 0.635. The minimum atomic E-state index is 0.495. The maximum Gasteiger partial charge on any atom is 0.126 e. The number of benzene rings is 1. The van der Waals surface area contributed by atoms with E-state index in [0.717, 1.165) is 18.8 Å². The second-order valence-electron chi connectivity index (χ2n) is 3.44. The summed E-state index contributed by atoms with van der Waals surface area (Å²) in [6.07, 6.45) is 1.10. The van der Waals surface area contributed by atoms with E-state index in [2.05, 4.69) is 19.6 Å². The third-order valence-corrected chi connectivity index (χ3v) is 2.66. The second-order valence-corrected chi connectivity index (χ2v) is 3.44. The Balaban J connectivity index is 2.39. The van der Waals surface area contributed by atoms with Gasteiger partial charge in [0.2, 0.25) is 0 Å². The van der Waals surface area contributed by atoms with Gasteiger partial charge in [-0.3, -0.25) is 0 Å². The summed E-state index contributed by atoms with van der Waals surface area (Å²) in [5.41, 5.74) is 2.41. The average Bonchev–Trinajstić information content (AvgIpc) is 2.19. The Bertz CT molecular complexity index is 328. The van der Waals surface area contributed by atoms with Crippen LogP contribution in [0.25, 0.3) is 5.57 Å². The Hall–Kier alpha value is -1.24. The first kappa shape index (κ1) is 8.36. The highest BCUT2D eigenvalue weighted by Gasteiger charge is 2.21. The molecule has 0 bridgehead atoms. The van der Waals surface area contributed by atoms with E-state index in [1.54, 1.807) is 0 Å². The molecule has 1 aromatic carbocycles. The molecule has 13 heavy (non-hydrogen) atoms. The Kier molecular flexibility index (Phi) is 2.09. The third-order valence-electron chi connectivity index (χ3n) is 2.66. The summed E-state index contributed by atoms with van der Waals surface area (Å²) >= 11 is 0. The van der Waals surface area contributed by atoms with Crippen molar-refractivity contribution < 1.29 is 4.74 Å². The lowest BCUT2D eigenvalue weighted by Gasteiger charge is -2.26. The molecule has 0 spiro atoms. The van der Waals surface area contributed by atoms with Gasteiger partial charge in [0.25, 0.3) is 0 Å². The van der Waals surface area contributed by atoms with Crippen molar-refractivity contribution in [1.29, 1.82) is 0 Å². The predicted molar refractivity (Wildman–Crippen MR) is 54.8 cm³/mol. The van der Waals surface area contributed by atoms with Gasteiger partial charge in [0, 0.05) is 11.5 Å². The van der Waals surface area contributed by atoms with Gasteiger partial charge in [-0.05, 0) is 18.1 Å². The number of fused-ring (bicyclic) bond motifs is 1. The fourth-order valence-corrected chi connectivity index (χ4v) is 1.73. The van der Waals surface area contributed by atoms with E-state index in [1.807, 2.05) is 18.2 Å². The molecule has 1 heterocycles. The van der Waals surface area contributed by atoms with Gasteiger partial charge in [0.05, 0.1) is 6.61 Å². The van der Waals surface area contributed by atoms with Crippen molar-refractivity contribution in [3.63, 3.8) is 0 Å². The molecule has 68 valence electrons. The molecule has 0 saturated heterocycles. The fraction of sp³-hybridized carbons (Fsp3) is 0.333. The van der Waals surface area contributed by atoms with Crippen LogP contribution in [-0.4, -0.2) is 6.61 Å². The molecular weight excluding hydrogens is 160 g/mol. The first-order valence-electron chi connectivity index (χ1n) is 4.74. The zero-order valence-corrected chi connectivity index (χ0v) is 7.92. The van der Waals surface area contributed by atoms with Crippen LogP contribution in [0.15, 0.2) is 30.8 Å². The summed E-state index contributed by atoms with van der Waals surface area (Å²) < 4.78 is 5.64. The second kappa shape index (κ2) is 3.25. The molecule has 0 unspecified atom stereocenters. The summed E-state index contributed by atoms with van der Waals surface area (Å²) in [5.74, 6) is 1.48. The Labute approximate surface area is 79.0 Å². The Morgan fingerprint density at radius 1 is 1.46 bits per heavy atom. The number of para-hydroxylation sites is 1. The number of ether oxygens (including phenoxy) is 1. The topological polar surface area (TPSA) is 9.23 Å². The average molecular weight is 174 g/mol. The smallest absolute Gasteiger partial charge is 0.126 e. The molecule has 0 saturated carbocycles. The molecule has 2 rings (SSSR count). The molecule has 0 N–H and O–H groups in total. The Morgan fingerprint density at radius 3 is 3.00 bits per heavy atom. The van der Waals surface area contributed by atoms with Crippen molar-refractivity contribution in [3.05, 3.63) is 36.4 Å². The third kappa shape index (κ3) is 1.35. The van der Waals surface area contributed by atoms with E-state index in [4.69, 9.17) is 4.74 Å². The highest BCUT2D eigenvalue weighted by molar-refractivity contribution is 5.71. The minimum absolute atomic E-state index is 0.495. The van der Waals surface area contributed by atoms with Crippen LogP contribution in [0.4, 0.5) is 0 Å². The molecule has 1 heteroatoms. The van der Waals surface area contributed by atoms with Crippen molar-refractivity contribution >= 4 is 5.57 Å². The molecule has 0 fully saturated rings. The summed E-state index contributed by atoms with van der Waals surface area (Å²) in [6, 6.07) is 8.12. The van der Waals surface area contributed by atoms with Crippen molar-refractivity contribution in [3.8, 4) is 5.75 Å². The van der Waals surface area contributed by atoms with Crippen LogP contribution in [0.2, 0.25) is 0 Å². The predicted octanol–water partition coefficient (Wildman–Crippen LogP) is 3.12. The zero-order valence-electron chi connectivity index (χ0n) is 7.92. The van der Waals surface area contributed by atoms with Crippen molar-refractivity contribution in [2.45, 2.75) is 13.3 Å². The van der Waals surface area contributed by atoms with Crippen LogP contribution in [0.3, 0.4) is 0 Å². The van der Waals surface area contributed by atoms with Crippen LogP contribution >= 0.6 is 0 Å². The molecule has 0 amide bonds. The summed E-state index contributed by atoms with van der Waals surface area (Å²) in [6.45, 7) is 7.09. The van der Waals surface area contributed by atoms with Gasteiger partial charge in [0.15, 0.2) is 0 Å². The maximum atomic E-state index is 5.64. The van der Waals surface area contributed by atoms with E-state index < -0.39 is 0 Å². The largest absolute Gasteiger partial charge is 0.492 e. The lowest BCUT2D eigenvalue weighted by Crippen LogP contribution is -2.18. The SMILES string of the molecule is C=C1c2ccccc2OC[C@H]1CC. The highest BCUT2D eigenvalue weighted by atomic mass is 16.5. The van der Waals surface area contributed by atoms with Gasteiger partial charge < -0.3 is 4.74 Å². The summed E-state index contributed by atoms with van der Waals surface area (Å²) in [7, 11) is 0. The first-order valence-corrected chi connectivity index (χ1v) is 4.74. The lowest BCUT2D eigenvalue weighted by molar-refractivity contribution is 0.264. The van der Waals surface area contributed by atoms with E-state index in [-0.39, 0.29) is 0 Å². The highest BCUT2D eigenvalue weighted by Crippen LogP contribution is 2.35. The lowest BCUT2D eigenvalue weighted by atomic mass is 9.90. The Morgan fingerprint density at radius 2 is 2.23 bits per heavy atom. The molecule has 0 aromatic heterocycles. The minimum Gasteiger partial charge on any atom is -0.492 e. The van der Waals surface area contributed by atoms with Crippen molar-refractivity contribution in [2.75, 3.05) is 6.61 Å².